The Morgan fingerprint density at radius 2 is 1.51 bits per heavy atom. The number of nitrogens with zero attached hydrogens (tertiary/aromatic N) is 1. The third-order valence-electron chi connectivity index (χ3n) is 5.78. The van der Waals surface area contributed by atoms with Crippen LogP contribution in [0.25, 0.3) is 0 Å². The zero-order valence-electron chi connectivity index (χ0n) is 20.1. The van der Waals surface area contributed by atoms with E-state index in [0.29, 0.717) is 0 Å². The summed E-state index contributed by atoms with van der Waals surface area (Å²) in [5.74, 6) is -1.63. The summed E-state index contributed by atoms with van der Waals surface area (Å²) < 4.78 is 98.2. The number of hydrogen-bond donors (Lipinski definition) is 1. The number of nitrogens with one attached hydrogen (secondary N) is 1. The molecule has 39 heavy (non-hydrogen) atoms. The second-order valence-electron chi connectivity index (χ2n) is 8.56. The Hall–Kier alpha value is -4.22. The molecule has 1 heterocycles. The number of carbonyl (C=O) groups is 1. The van der Waals surface area contributed by atoms with Gasteiger partial charge >= 0.3 is 18.9 Å². The summed E-state index contributed by atoms with van der Waals surface area (Å²) in [7, 11) is 0. The predicted octanol–water partition coefficient (Wildman–Crippen LogP) is 7.14. The smallest absolute Gasteiger partial charge is 0.428 e. The number of alkyl halides is 7. The summed E-state index contributed by atoms with van der Waals surface area (Å²) in [6.07, 6.45) is -12.2. The van der Waals surface area contributed by atoms with Gasteiger partial charge in [-0.2, -0.15) is 17.6 Å². The highest BCUT2D eigenvalue weighted by atomic mass is 19.4. The summed E-state index contributed by atoms with van der Waals surface area (Å²) in [5, 5.41) is 3.10. The minimum atomic E-state index is -4.92. The topological polar surface area (TPSA) is 50.8 Å². The lowest BCUT2D eigenvalue weighted by atomic mass is 10.1. The predicted molar refractivity (Wildman–Crippen MR) is 127 cm³/mol. The lowest BCUT2D eigenvalue weighted by molar-refractivity contribution is -0.274. The number of benzene rings is 3. The van der Waals surface area contributed by atoms with Crippen molar-refractivity contribution in [2.45, 2.75) is 37.9 Å². The fourth-order valence-corrected chi connectivity index (χ4v) is 4.02. The van der Waals surface area contributed by atoms with Crippen molar-refractivity contribution in [2.75, 3.05) is 4.90 Å². The highest BCUT2D eigenvalue weighted by molar-refractivity contribution is 6.09. The van der Waals surface area contributed by atoms with Gasteiger partial charge in [-0.05, 0) is 60.5 Å². The van der Waals surface area contributed by atoms with Gasteiger partial charge in [0.15, 0.2) is 0 Å². The van der Waals surface area contributed by atoms with E-state index >= 15 is 0 Å². The number of rotatable bonds is 9. The first-order chi connectivity index (χ1) is 18.3. The number of halogens is 7. The third-order valence-corrected chi connectivity index (χ3v) is 5.78. The molecule has 0 fully saturated rings. The van der Waals surface area contributed by atoms with Gasteiger partial charge in [-0.25, -0.2) is 0 Å². The number of ether oxygens (including phenoxy) is 2. The van der Waals surface area contributed by atoms with Crippen LogP contribution >= 0.6 is 0 Å². The van der Waals surface area contributed by atoms with Gasteiger partial charge < -0.3 is 14.8 Å². The third kappa shape index (κ3) is 6.62. The van der Waals surface area contributed by atoms with E-state index in [-0.39, 0.29) is 23.0 Å². The van der Waals surface area contributed by atoms with Gasteiger partial charge in [0.25, 0.3) is 5.91 Å². The first kappa shape index (κ1) is 27.8. The van der Waals surface area contributed by atoms with Crippen molar-refractivity contribution >= 4 is 11.6 Å². The molecular formula is C27H21F7N2O3. The van der Waals surface area contributed by atoms with Crippen molar-refractivity contribution in [3.8, 4) is 11.5 Å². The molecule has 1 aliphatic rings. The Balaban J connectivity index is 1.68. The van der Waals surface area contributed by atoms with Crippen LogP contribution in [0.4, 0.5) is 36.4 Å². The summed E-state index contributed by atoms with van der Waals surface area (Å²) >= 11 is 0. The van der Waals surface area contributed by atoms with Crippen LogP contribution in [0, 0.1) is 0 Å². The van der Waals surface area contributed by atoms with Gasteiger partial charge in [-0.15, -0.1) is 13.2 Å². The van der Waals surface area contributed by atoms with E-state index < -0.39 is 42.3 Å². The fraction of sp³-hybridized carbons (Fsp3) is 0.222. The van der Waals surface area contributed by atoms with Gasteiger partial charge in [-0.1, -0.05) is 42.5 Å². The van der Waals surface area contributed by atoms with Crippen LogP contribution in [-0.4, -0.2) is 24.8 Å². The van der Waals surface area contributed by atoms with Crippen molar-refractivity contribution < 1.29 is 45.0 Å². The molecule has 2 atom stereocenters. The molecule has 0 saturated heterocycles. The molecule has 0 unspecified atom stereocenters. The van der Waals surface area contributed by atoms with E-state index in [1.165, 1.54) is 35.2 Å². The van der Waals surface area contributed by atoms with Gasteiger partial charge in [0, 0.05) is 11.7 Å². The molecule has 0 bridgehead atoms. The maximum Gasteiger partial charge on any atom is 0.573 e. The number of anilines is 1. The Morgan fingerprint density at radius 3 is 2.13 bits per heavy atom. The lowest BCUT2D eigenvalue weighted by Crippen LogP contribution is -2.34. The zero-order valence-corrected chi connectivity index (χ0v) is 20.1. The van der Waals surface area contributed by atoms with E-state index in [9.17, 15) is 35.5 Å². The summed E-state index contributed by atoms with van der Waals surface area (Å²) in [4.78, 5) is 14.7. The molecule has 5 nitrogen and oxygen atoms in total. The van der Waals surface area contributed by atoms with Crippen LogP contribution in [0.15, 0.2) is 90.6 Å². The minimum absolute atomic E-state index is 0.135. The molecule has 0 aliphatic carbocycles. The summed E-state index contributed by atoms with van der Waals surface area (Å²) in [6, 6.07) is 17.3. The summed E-state index contributed by atoms with van der Waals surface area (Å²) in [5.41, 5.74) is 1.39. The van der Waals surface area contributed by atoms with Crippen LogP contribution in [0.1, 0.15) is 30.1 Å². The van der Waals surface area contributed by atoms with E-state index in [1.54, 1.807) is 0 Å². The standard InChI is InChI=1S/C27H21F7N2O3/c1-16(17-6-3-2-4-7-17)35-22-15-23(18-8-5-9-21(14-18)38-26(30,31)25(28)29)36(24(22)37)19-10-12-20(13-11-19)39-27(32,33)34/h2-16,23,25,35H,1H3/t16-,23+/m1/s1. The minimum Gasteiger partial charge on any atom is -0.428 e. The maximum absolute atomic E-state index is 13.5. The molecule has 1 N–H and O–H groups in total. The number of carbonyl (C=O) groups excluding carboxylic acids is 1. The highest BCUT2D eigenvalue weighted by Gasteiger charge is 2.44. The van der Waals surface area contributed by atoms with Crippen molar-refractivity contribution in [2.24, 2.45) is 0 Å². The molecule has 0 spiro atoms. The van der Waals surface area contributed by atoms with Crippen LogP contribution in [0.2, 0.25) is 0 Å². The normalized spacial score (nSPS) is 16.7. The average Bonchev–Trinajstić information content (AvgIpc) is 3.19. The molecule has 206 valence electrons. The van der Waals surface area contributed by atoms with Gasteiger partial charge in [0.2, 0.25) is 0 Å². The van der Waals surface area contributed by atoms with Crippen molar-refractivity contribution in [3.63, 3.8) is 0 Å². The molecule has 1 aliphatic heterocycles. The molecule has 3 aromatic rings. The van der Waals surface area contributed by atoms with Crippen LogP contribution < -0.4 is 19.7 Å². The fourth-order valence-electron chi connectivity index (χ4n) is 4.02. The van der Waals surface area contributed by atoms with Crippen LogP contribution in [0.5, 0.6) is 11.5 Å². The largest absolute Gasteiger partial charge is 0.573 e. The van der Waals surface area contributed by atoms with Crippen molar-refractivity contribution in [1.29, 1.82) is 0 Å². The van der Waals surface area contributed by atoms with E-state index in [1.807, 2.05) is 37.3 Å². The van der Waals surface area contributed by atoms with E-state index in [4.69, 9.17) is 0 Å². The molecule has 12 heteroatoms. The van der Waals surface area contributed by atoms with Crippen molar-refractivity contribution in [3.05, 3.63) is 102 Å². The molecule has 0 radical (unpaired) electrons. The Morgan fingerprint density at radius 1 is 0.846 bits per heavy atom. The Kier molecular flexibility index (Phi) is 7.75. The monoisotopic (exact) mass is 554 g/mol. The van der Waals surface area contributed by atoms with Crippen LogP contribution in [-0.2, 0) is 4.79 Å². The molecule has 1 amide bonds. The van der Waals surface area contributed by atoms with E-state index in [0.717, 1.165) is 29.8 Å². The van der Waals surface area contributed by atoms with Crippen LogP contribution in [0.3, 0.4) is 0 Å². The molecule has 0 saturated carbocycles. The summed E-state index contributed by atoms with van der Waals surface area (Å²) in [6.45, 7) is 1.81. The van der Waals surface area contributed by atoms with Gasteiger partial charge in [0.1, 0.15) is 11.5 Å². The first-order valence-electron chi connectivity index (χ1n) is 11.5. The van der Waals surface area contributed by atoms with Crippen molar-refractivity contribution in [1.82, 2.24) is 5.32 Å². The quantitative estimate of drug-likeness (QED) is 0.286. The first-order valence-corrected chi connectivity index (χ1v) is 11.5. The van der Waals surface area contributed by atoms with Gasteiger partial charge in [-0.3, -0.25) is 9.69 Å². The van der Waals surface area contributed by atoms with Gasteiger partial charge in [0.05, 0.1) is 11.7 Å². The zero-order chi connectivity index (χ0) is 28.4. The number of hydrogen-bond acceptors (Lipinski definition) is 4. The SMILES string of the molecule is C[C@@H](NC1=C[C@@H](c2cccc(OC(F)(F)C(F)F)c2)N(c2ccc(OC(F)(F)F)cc2)C1=O)c1ccccc1. The number of amides is 1. The molecule has 0 aromatic heterocycles. The highest BCUT2D eigenvalue weighted by Crippen LogP contribution is 2.38. The molecule has 3 aromatic carbocycles. The Labute approximate surface area is 218 Å². The lowest BCUT2D eigenvalue weighted by Gasteiger charge is -2.26. The van der Waals surface area contributed by atoms with E-state index in [2.05, 4.69) is 14.8 Å². The Bertz CT molecular complexity index is 1330. The molecular weight excluding hydrogens is 533 g/mol. The molecule has 4 rings (SSSR count). The second kappa shape index (κ2) is 10.9. The average molecular weight is 554 g/mol. The maximum atomic E-state index is 13.5. The second-order valence-corrected chi connectivity index (χ2v) is 8.56.